The molecule has 0 radical (unpaired) electrons. The highest BCUT2D eigenvalue weighted by Crippen LogP contribution is 2.20. The Bertz CT molecular complexity index is 545. The van der Waals surface area contributed by atoms with Crippen LogP contribution in [0.1, 0.15) is 18.1 Å². The van der Waals surface area contributed by atoms with Crippen LogP contribution in [0.3, 0.4) is 0 Å². The molecule has 0 saturated heterocycles. The number of nitrogens with two attached hydrogens (primary N) is 1. The van der Waals surface area contributed by atoms with Crippen molar-refractivity contribution in [3.05, 3.63) is 35.5 Å². The minimum absolute atomic E-state index is 0.0153. The topological polar surface area (TPSA) is 70.9 Å². The largest absolute Gasteiger partial charge is 0.361 e. The molecule has 1 aromatic carbocycles. The SMILES string of the molecule is CC(=O)NCCc1ccc2[nH]cc(CCN)c2c1. The van der Waals surface area contributed by atoms with Crippen LogP contribution < -0.4 is 11.1 Å². The van der Waals surface area contributed by atoms with E-state index in [1.165, 1.54) is 23.4 Å². The van der Waals surface area contributed by atoms with Gasteiger partial charge in [-0.15, -0.1) is 0 Å². The zero-order valence-electron chi connectivity index (χ0n) is 10.6. The molecule has 18 heavy (non-hydrogen) atoms. The molecule has 96 valence electrons. The van der Waals surface area contributed by atoms with E-state index < -0.39 is 0 Å². The van der Waals surface area contributed by atoms with Gasteiger partial charge in [0.05, 0.1) is 0 Å². The summed E-state index contributed by atoms with van der Waals surface area (Å²) in [7, 11) is 0. The van der Waals surface area contributed by atoms with Crippen LogP contribution in [0, 0.1) is 0 Å². The predicted octanol–water partition coefficient (Wildman–Crippen LogP) is 1.35. The molecule has 2 aromatic rings. The van der Waals surface area contributed by atoms with Crippen LogP contribution in [0.25, 0.3) is 10.9 Å². The smallest absolute Gasteiger partial charge is 0.216 e. The molecule has 0 aliphatic rings. The second kappa shape index (κ2) is 5.69. The van der Waals surface area contributed by atoms with Gasteiger partial charge in [0, 0.05) is 30.6 Å². The molecule has 1 aromatic heterocycles. The fourth-order valence-electron chi connectivity index (χ4n) is 2.13. The van der Waals surface area contributed by atoms with Crippen molar-refractivity contribution in [2.75, 3.05) is 13.1 Å². The molecule has 0 aliphatic heterocycles. The van der Waals surface area contributed by atoms with Crippen molar-refractivity contribution in [1.82, 2.24) is 10.3 Å². The maximum Gasteiger partial charge on any atom is 0.216 e. The summed E-state index contributed by atoms with van der Waals surface area (Å²) in [6, 6.07) is 6.35. The quantitative estimate of drug-likeness (QED) is 0.744. The first-order valence-electron chi connectivity index (χ1n) is 6.24. The van der Waals surface area contributed by atoms with E-state index in [0.29, 0.717) is 13.1 Å². The fourth-order valence-corrected chi connectivity index (χ4v) is 2.13. The first-order chi connectivity index (χ1) is 8.70. The summed E-state index contributed by atoms with van der Waals surface area (Å²) in [5.74, 6) is 0.0153. The van der Waals surface area contributed by atoms with Gasteiger partial charge in [0.2, 0.25) is 5.91 Å². The van der Waals surface area contributed by atoms with Crippen LogP contribution >= 0.6 is 0 Å². The van der Waals surface area contributed by atoms with Crippen LogP contribution in [0.5, 0.6) is 0 Å². The van der Waals surface area contributed by atoms with E-state index in [1.807, 2.05) is 6.20 Å². The van der Waals surface area contributed by atoms with Gasteiger partial charge in [-0.3, -0.25) is 4.79 Å². The van der Waals surface area contributed by atoms with Gasteiger partial charge in [-0.25, -0.2) is 0 Å². The summed E-state index contributed by atoms with van der Waals surface area (Å²) in [5.41, 5.74) is 9.23. The van der Waals surface area contributed by atoms with E-state index in [1.54, 1.807) is 0 Å². The molecule has 0 fully saturated rings. The second-order valence-electron chi connectivity index (χ2n) is 4.47. The van der Waals surface area contributed by atoms with Crippen LogP contribution in [0.4, 0.5) is 0 Å². The lowest BCUT2D eigenvalue weighted by Gasteiger charge is -2.04. The first-order valence-corrected chi connectivity index (χ1v) is 6.24. The van der Waals surface area contributed by atoms with E-state index in [0.717, 1.165) is 18.4 Å². The molecular weight excluding hydrogens is 226 g/mol. The standard InChI is InChI=1S/C14H19N3O/c1-10(18)16-7-5-11-2-3-14-13(8-11)12(4-6-15)9-17-14/h2-3,8-9,17H,4-7,15H2,1H3,(H,16,18). The third-order valence-electron chi connectivity index (χ3n) is 3.03. The minimum Gasteiger partial charge on any atom is -0.361 e. The number of H-pyrrole nitrogens is 1. The summed E-state index contributed by atoms with van der Waals surface area (Å²) in [4.78, 5) is 14.1. The third kappa shape index (κ3) is 2.90. The average Bonchev–Trinajstić information content (AvgIpc) is 2.72. The number of nitrogens with one attached hydrogen (secondary N) is 2. The number of aromatic amines is 1. The van der Waals surface area contributed by atoms with Crippen molar-refractivity contribution in [3.63, 3.8) is 0 Å². The second-order valence-corrected chi connectivity index (χ2v) is 4.47. The third-order valence-corrected chi connectivity index (χ3v) is 3.03. The van der Waals surface area contributed by atoms with Crippen molar-refractivity contribution < 1.29 is 4.79 Å². The van der Waals surface area contributed by atoms with Crippen LogP contribution in [-0.4, -0.2) is 24.0 Å². The number of hydrogen-bond acceptors (Lipinski definition) is 2. The summed E-state index contributed by atoms with van der Waals surface area (Å²) >= 11 is 0. The molecule has 1 heterocycles. The molecule has 4 nitrogen and oxygen atoms in total. The number of rotatable bonds is 5. The van der Waals surface area contributed by atoms with Crippen molar-refractivity contribution in [3.8, 4) is 0 Å². The zero-order chi connectivity index (χ0) is 13.0. The first kappa shape index (κ1) is 12.6. The van der Waals surface area contributed by atoms with Crippen LogP contribution in [0.15, 0.2) is 24.4 Å². The summed E-state index contributed by atoms with van der Waals surface area (Å²) < 4.78 is 0. The number of amides is 1. The molecule has 4 heteroatoms. The van der Waals surface area contributed by atoms with Crippen molar-refractivity contribution in [2.24, 2.45) is 5.73 Å². The Morgan fingerprint density at radius 3 is 2.94 bits per heavy atom. The molecule has 2 rings (SSSR count). The van der Waals surface area contributed by atoms with Gasteiger partial charge >= 0.3 is 0 Å². The van der Waals surface area contributed by atoms with Gasteiger partial charge in [0.1, 0.15) is 0 Å². The molecule has 4 N–H and O–H groups in total. The Morgan fingerprint density at radius 2 is 2.22 bits per heavy atom. The number of carbonyl (C=O) groups is 1. The number of fused-ring (bicyclic) bond motifs is 1. The molecule has 0 aliphatic carbocycles. The van der Waals surface area contributed by atoms with E-state index in [2.05, 4.69) is 28.5 Å². The number of benzene rings is 1. The average molecular weight is 245 g/mol. The predicted molar refractivity (Wildman–Crippen MR) is 73.4 cm³/mol. The highest BCUT2D eigenvalue weighted by molar-refractivity contribution is 5.84. The number of hydrogen-bond donors (Lipinski definition) is 3. The minimum atomic E-state index is 0.0153. The van der Waals surface area contributed by atoms with Gasteiger partial charge < -0.3 is 16.0 Å². The molecular formula is C14H19N3O. The number of aromatic nitrogens is 1. The summed E-state index contributed by atoms with van der Waals surface area (Å²) in [6.45, 7) is 2.87. The maximum atomic E-state index is 10.8. The van der Waals surface area contributed by atoms with E-state index in [4.69, 9.17) is 5.73 Å². The Morgan fingerprint density at radius 1 is 1.39 bits per heavy atom. The Hall–Kier alpha value is -1.81. The number of carbonyl (C=O) groups excluding carboxylic acids is 1. The lowest BCUT2D eigenvalue weighted by atomic mass is 10.1. The molecule has 0 bridgehead atoms. The molecule has 0 saturated carbocycles. The highest BCUT2D eigenvalue weighted by atomic mass is 16.1. The molecule has 0 spiro atoms. The lowest BCUT2D eigenvalue weighted by Crippen LogP contribution is -2.22. The van der Waals surface area contributed by atoms with Crippen molar-refractivity contribution >= 4 is 16.8 Å². The summed E-state index contributed by atoms with van der Waals surface area (Å²) in [5, 5.41) is 4.05. The van der Waals surface area contributed by atoms with Gasteiger partial charge in [0.25, 0.3) is 0 Å². The Balaban J connectivity index is 2.14. The van der Waals surface area contributed by atoms with Gasteiger partial charge in [-0.2, -0.15) is 0 Å². The fraction of sp³-hybridized carbons (Fsp3) is 0.357. The van der Waals surface area contributed by atoms with E-state index in [-0.39, 0.29) is 5.91 Å². The maximum absolute atomic E-state index is 10.8. The molecule has 0 atom stereocenters. The normalized spacial score (nSPS) is 10.8. The van der Waals surface area contributed by atoms with Crippen LogP contribution in [0.2, 0.25) is 0 Å². The summed E-state index contributed by atoms with van der Waals surface area (Å²) in [6.07, 6.45) is 3.76. The monoisotopic (exact) mass is 245 g/mol. The van der Waals surface area contributed by atoms with Gasteiger partial charge in [0.15, 0.2) is 0 Å². The zero-order valence-corrected chi connectivity index (χ0v) is 10.6. The van der Waals surface area contributed by atoms with Crippen molar-refractivity contribution in [1.29, 1.82) is 0 Å². The molecule has 0 unspecified atom stereocenters. The Kier molecular flexibility index (Phi) is 3.99. The van der Waals surface area contributed by atoms with Gasteiger partial charge in [-0.1, -0.05) is 6.07 Å². The Labute approximate surface area is 107 Å². The van der Waals surface area contributed by atoms with E-state index in [9.17, 15) is 4.79 Å². The van der Waals surface area contributed by atoms with Crippen LogP contribution in [-0.2, 0) is 17.6 Å². The highest BCUT2D eigenvalue weighted by Gasteiger charge is 2.04. The van der Waals surface area contributed by atoms with Gasteiger partial charge in [-0.05, 0) is 42.6 Å². The lowest BCUT2D eigenvalue weighted by molar-refractivity contribution is -0.118. The molecule has 1 amide bonds. The van der Waals surface area contributed by atoms with E-state index >= 15 is 0 Å². The van der Waals surface area contributed by atoms with Crippen molar-refractivity contribution in [2.45, 2.75) is 19.8 Å².